The Morgan fingerprint density at radius 3 is 1.97 bits per heavy atom. The molecule has 2 aromatic carbocycles. The maximum Gasteiger partial charge on any atom is 0.460 e. The van der Waals surface area contributed by atoms with Gasteiger partial charge < -0.3 is 5.32 Å². The van der Waals surface area contributed by atoms with Gasteiger partial charge in [0, 0.05) is 19.4 Å². The number of carbonyl (C=O) groups excluding carboxylic acids is 2. The molecule has 0 radical (unpaired) electrons. The molecule has 0 aliphatic carbocycles. The highest BCUT2D eigenvalue weighted by Gasteiger charge is 2.82. The molecule has 1 N–H and O–H groups in total. The second kappa shape index (κ2) is 9.91. The fourth-order valence-corrected chi connectivity index (χ4v) is 4.85. The van der Waals surface area contributed by atoms with Crippen molar-refractivity contribution in [1.29, 1.82) is 0 Å². The van der Waals surface area contributed by atoms with Crippen LogP contribution in [-0.4, -0.2) is 35.3 Å². The van der Waals surface area contributed by atoms with E-state index in [-0.39, 0.29) is 25.9 Å². The normalized spacial score (nSPS) is 12.8. The molecule has 2 rings (SSSR count). The second-order valence-corrected chi connectivity index (χ2v) is 9.13. The average molecular weight is 646 g/mol. The number of anilines is 1. The molecule has 0 unspecified atom stereocenters. The van der Waals surface area contributed by atoms with E-state index in [2.05, 4.69) is 42.2 Å². The summed E-state index contributed by atoms with van der Waals surface area (Å²) < 4.78 is 117. The van der Waals surface area contributed by atoms with Crippen molar-refractivity contribution < 1.29 is 49.1 Å². The predicted octanol–water partition coefficient (Wildman–Crippen LogP) is 7.95. The predicted molar refractivity (Wildman–Crippen MR) is 111 cm³/mol. The van der Waals surface area contributed by atoms with E-state index in [1.807, 2.05) is 0 Å². The maximum atomic E-state index is 13.9. The topological polar surface area (TPSA) is 58.5 Å². The van der Waals surface area contributed by atoms with Gasteiger partial charge in [-0.1, -0.05) is 6.07 Å². The van der Waals surface area contributed by atoms with Crippen LogP contribution in [-0.2, 0) is 4.79 Å². The lowest BCUT2D eigenvalue weighted by Crippen LogP contribution is -2.59. The summed E-state index contributed by atoms with van der Waals surface area (Å²) >= 11 is 4.53. The van der Waals surface area contributed by atoms with E-state index >= 15 is 0 Å². The molecule has 2 aromatic rings. The lowest BCUT2D eigenvalue weighted by molar-refractivity contribution is -0.381. The monoisotopic (exact) mass is 644 g/mol. The van der Waals surface area contributed by atoms with E-state index in [0.717, 1.165) is 0 Å². The summed E-state index contributed by atoms with van der Waals surface area (Å²) in [6.07, 6.45) is -5.65. The Kier molecular flexibility index (Phi) is 8.23. The van der Waals surface area contributed by atoms with Gasteiger partial charge in [0.2, 0.25) is 6.08 Å². The Labute approximate surface area is 205 Å². The number of halogens is 11. The highest BCUT2D eigenvalue weighted by molar-refractivity contribution is 9.11. The van der Waals surface area contributed by atoms with Gasteiger partial charge in [0.15, 0.2) is 0 Å². The minimum Gasteiger partial charge on any atom is -0.320 e. The minimum absolute atomic E-state index is 0.00527. The number of amides is 1. The molecule has 0 aliphatic rings. The second-order valence-electron chi connectivity index (χ2n) is 6.23. The van der Waals surface area contributed by atoms with Crippen molar-refractivity contribution in [2.24, 2.45) is 4.99 Å². The molecule has 0 saturated carbocycles. The van der Waals surface area contributed by atoms with Gasteiger partial charge in [-0.3, -0.25) is 4.79 Å². The van der Waals surface area contributed by atoms with Crippen molar-refractivity contribution in [2.45, 2.75) is 28.2 Å². The average Bonchev–Trinajstić information content (AvgIpc) is 2.69. The number of alkyl halides is 9. The number of thioether (sulfide) groups is 1. The number of benzene rings is 2. The number of nitrogens with one attached hydrogen (secondary N) is 1. The highest BCUT2D eigenvalue weighted by Crippen LogP contribution is 2.58. The van der Waals surface area contributed by atoms with Gasteiger partial charge in [0.05, 0.1) is 11.4 Å². The first-order valence-electron chi connectivity index (χ1n) is 8.32. The maximum absolute atomic E-state index is 13.9. The van der Waals surface area contributed by atoms with Crippen LogP contribution >= 0.6 is 43.6 Å². The van der Waals surface area contributed by atoms with Crippen LogP contribution < -0.4 is 5.32 Å². The van der Waals surface area contributed by atoms with Crippen molar-refractivity contribution in [1.82, 2.24) is 0 Å². The Morgan fingerprint density at radius 2 is 1.47 bits per heavy atom. The Morgan fingerprint density at radius 1 is 0.912 bits per heavy atom. The van der Waals surface area contributed by atoms with Crippen LogP contribution in [0.5, 0.6) is 0 Å². The van der Waals surface area contributed by atoms with Crippen LogP contribution in [0, 0.1) is 0 Å². The lowest BCUT2D eigenvalue weighted by atomic mass is 10.1. The van der Waals surface area contributed by atoms with Crippen LogP contribution in [0.1, 0.15) is 10.4 Å². The summed E-state index contributed by atoms with van der Waals surface area (Å²) in [5, 5.41) is -3.54. The third-order valence-corrected chi connectivity index (χ3v) is 6.13. The molecule has 0 aliphatic heterocycles. The molecular weight excluding hydrogens is 639 g/mol. The summed E-state index contributed by atoms with van der Waals surface area (Å²) in [7, 11) is 0. The quantitative estimate of drug-likeness (QED) is 0.144. The summed E-state index contributed by atoms with van der Waals surface area (Å²) in [6.45, 7) is 0. The van der Waals surface area contributed by atoms with Gasteiger partial charge in [-0.2, -0.15) is 44.5 Å². The summed E-state index contributed by atoms with van der Waals surface area (Å²) in [6, 6.07) is 6.71. The van der Waals surface area contributed by atoms with E-state index in [1.54, 1.807) is 0 Å². The molecule has 1 amide bonds. The number of hydrogen-bond donors (Lipinski definition) is 1. The largest absolute Gasteiger partial charge is 0.460 e. The number of hydrogen-bond acceptors (Lipinski definition) is 4. The fraction of sp³-hybridized carbons (Fsp3) is 0.222. The standard InChI is InChI=1S/C18H7Br2F9N2O2S/c19-11-5-10(34-18(28,29)16(23,24)15(21,22)17(25,26)27)6-12(20)13(11)31-14(33)8-2-1-3-9(4-8)30-7-32/h1-6H,(H,31,33). The Balaban J connectivity index is 2.33. The van der Waals surface area contributed by atoms with Crippen LogP contribution in [0.15, 0.2) is 55.2 Å². The molecule has 0 bridgehead atoms. The van der Waals surface area contributed by atoms with Gasteiger partial charge in [0.1, 0.15) is 0 Å². The van der Waals surface area contributed by atoms with E-state index in [1.165, 1.54) is 30.3 Å². The highest BCUT2D eigenvalue weighted by atomic mass is 79.9. The Hall–Kier alpha value is -2.03. The van der Waals surface area contributed by atoms with Gasteiger partial charge in [-0.25, -0.2) is 4.79 Å². The van der Waals surface area contributed by atoms with Gasteiger partial charge in [0.25, 0.3) is 5.91 Å². The van der Waals surface area contributed by atoms with Crippen molar-refractivity contribution >= 4 is 67.0 Å². The first kappa shape index (κ1) is 28.2. The number of carbonyl (C=O) groups is 1. The summed E-state index contributed by atoms with van der Waals surface area (Å²) in [4.78, 5) is 25.2. The number of rotatable bonds is 7. The van der Waals surface area contributed by atoms with Crippen molar-refractivity contribution in [3.63, 3.8) is 0 Å². The van der Waals surface area contributed by atoms with Crippen LogP contribution in [0.25, 0.3) is 0 Å². The number of aliphatic imine (C=N–C) groups is 1. The summed E-state index contributed by atoms with van der Waals surface area (Å²) in [5.74, 6) is -14.6. The van der Waals surface area contributed by atoms with E-state index in [9.17, 15) is 49.1 Å². The molecule has 16 heteroatoms. The molecule has 0 heterocycles. The molecule has 4 nitrogen and oxygen atoms in total. The van der Waals surface area contributed by atoms with Crippen molar-refractivity contribution in [3.8, 4) is 0 Å². The van der Waals surface area contributed by atoms with Crippen LogP contribution in [0.4, 0.5) is 50.9 Å². The van der Waals surface area contributed by atoms with Gasteiger partial charge in [-0.15, -0.1) is 0 Å². The van der Waals surface area contributed by atoms with Crippen molar-refractivity contribution in [3.05, 3.63) is 50.9 Å². The van der Waals surface area contributed by atoms with E-state index in [0.29, 0.717) is 12.1 Å². The molecule has 0 atom stereocenters. The number of isocyanates is 1. The van der Waals surface area contributed by atoms with Crippen molar-refractivity contribution in [2.75, 3.05) is 5.32 Å². The zero-order chi connectivity index (χ0) is 26.1. The smallest absolute Gasteiger partial charge is 0.320 e. The molecule has 184 valence electrons. The van der Waals surface area contributed by atoms with Gasteiger partial charge >= 0.3 is 23.3 Å². The summed E-state index contributed by atoms with van der Waals surface area (Å²) in [5.41, 5.74) is -0.0324. The first-order chi connectivity index (χ1) is 15.4. The third kappa shape index (κ3) is 5.61. The lowest BCUT2D eigenvalue weighted by Gasteiger charge is -2.33. The zero-order valence-corrected chi connectivity index (χ0v) is 19.8. The fourth-order valence-electron chi connectivity index (χ4n) is 2.26. The van der Waals surface area contributed by atoms with Crippen LogP contribution in [0.3, 0.4) is 0 Å². The molecular formula is C18H7Br2F9N2O2S. The minimum atomic E-state index is -7.01. The van der Waals surface area contributed by atoms with Gasteiger partial charge in [-0.05, 0) is 74.0 Å². The molecule has 0 spiro atoms. The molecule has 0 aromatic heterocycles. The zero-order valence-electron chi connectivity index (χ0n) is 15.8. The first-order valence-corrected chi connectivity index (χ1v) is 10.7. The third-order valence-electron chi connectivity index (χ3n) is 3.90. The number of nitrogens with zero attached hydrogens (tertiary/aromatic N) is 1. The molecule has 0 fully saturated rings. The SMILES string of the molecule is O=C=Nc1cccc(C(=O)Nc2c(Br)cc(SC(F)(F)C(F)(F)C(F)(F)C(F)(F)F)cc2Br)c1. The molecule has 0 saturated heterocycles. The molecule has 34 heavy (non-hydrogen) atoms. The van der Waals surface area contributed by atoms with E-state index < -0.39 is 45.8 Å². The van der Waals surface area contributed by atoms with E-state index in [4.69, 9.17) is 0 Å². The van der Waals surface area contributed by atoms with Crippen LogP contribution in [0.2, 0.25) is 0 Å². The Bertz CT molecular complexity index is 1130.